The van der Waals surface area contributed by atoms with Crippen LogP contribution >= 0.6 is 0 Å². The molecule has 1 unspecified atom stereocenters. The molecule has 0 spiro atoms. The van der Waals surface area contributed by atoms with Crippen LogP contribution in [0.1, 0.15) is 30.5 Å². The lowest BCUT2D eigenvalue weighted by Crippen LogP contribution is -2.44. The van der Waals surface area contributed by atoms with Gasteiger partial charge < -0.3 is 5.32 Å². The summed E-state index contributed by atoms with van der Waals surface area (Å²) in [5.74, 6) is 0.738. The first-order chi connectivity index (χ1) is 11.5. The number of anilines is 1. The van der Waals surface area contributed by atoms with E-state index in [9.17, 15) is 9.59 Å². The predicted molar refractivity (Wildman–Crippen MR) is 91.8 cm³/mol. The van der Waals surface area contributed by atoms with Crippen LogP contribution in [0.15, 0.2) is 36.4 Å². The molecule has 0 saturated heterocycles. The first-order valence-corrected chi connectivity index (χ1v) is 8.21. The lowest BCUT2D eigenvalue weighted by molar-refractivity contribution is -0.124. The van der Waals surface area contributed by atoms with Gasteiger partial charge >= 0.3 is 0 Å². The van der Waals surface area contributed by atoms with Gasteiger partial charge in [-0.25, -0.2) is 4.68 Å². The Kier molecular flexibility index (Phi) is 4.64. The second-order valence-electron chi connectivity index (χ2n) is 6.21. The molecule has 0 aliphatic carbocycles. The van der Waals surface area contributed by atoms with Crippen molar-refractivity contribution >= 4 is 17.6 Å². The molecule has 1 aliphatic rings. The molecule has 1 aliphatic heterocycles. The molecule has 3 rings (SSSR count). The van der Waals surface area contributed by atoms with Crippen molar-refractivity contribution in [3.63, 3.8) is 0 Å². The van der Waals surface area contributed by atoms with E-state index < -0.39 is 0 Å². The van der Waals surface area contributed by atoms with E-state index in [2.05, 4.69) is 17.3 Å². The van der Waals surface area contributed by atoms with E-state index in [1.54, 1.807) is 4.68 Å². The molecule has 126 valence electrons. The number of nitrogens with zero attached hydrogens (tertiary/aromatic N) is 3. The molecule has 1 N–H and O–H groups in total. The van der Waals surface area contributed by atoms with Crippen LogP contribution in [0, 0.1) is 6.92 Å². The van der Waals surface area contributed by atoms with Gasteiger partial charge in [0, 0.05) is 19.0 Å². The van der Waals surface area contributed by atoms with Crippen LogP contribution < -0.4 is 10.2 Å². The number of rotatable bonds is 5. The smallest absolute Gasteiger partial charge is 0.240 e. The highest BCUT2D eigenvalue weighted by molar-refractivity contribution is 5.98. The molecule has 1 aromatic carbocycles. The van der Waals surface area contributed by atoms with Crippen molar-refractivity contribution in [3.8, 4) is 0 Å². The third kappa shape index (κ3) is 3.48. The average molecular weight is 326 g/mol. The highest BCUT2D eigenvalue weighted by Crippen LogP contribution is 2.22. The molecule has 0 fully saturated rings. The van der Waals surface area contributed by atoms with Gasteiger partial charge in [0.05, 0.1) is 12.2 Å². The van der Waals surface area contributed by atoms with Crippen molar-refractivity contribution in [3.05, 3.63) is 47.7 Å². The lowest BCUT2D eigenvalue weighted by atomic mass is 10.0. The van der Waals surface area contributed by atoms with Gasteiger partial charge in [-0.1, -0.05) is 37.3 Å². The average Bonchev–Trinajstić information content (AvgIpc) is 2.97. The number of hydrogen-bond acceptors (Lipinski definition) is 3. The maximum absolute atomic E-state index is 12.3. The van der Waals surface area contributed by atoms with Crippen molar-refractivity contribution < 1.29 is 9.59 Å². The molecule has 1 aromatic heterocycles. The van der Waals surface area contributed by atoms with E-state index >= 15 is 0 Å². The van der Waals surface area contributed by atoms with Crippen LogP contribution in [0.3, 0.4) is 0 Å². The van der Waals surface area contributed by atoms with Crippen molar-refractivity contribution in [2.24, 2.45) is 0 Å². The summed E-state index contributed by atoms with van der Waals surface area (Å²) >= 11 is 0. The fraction of sp³-hybridized carbons (Fsp3) is 0.389. The summed E-state index contributed by atoms with van der Waals surface area (Å²) in [6.07, 6.45) is 0.377. The monoisotopic (exact) mass is 326 g/mol. The van der Waals surface area contributed by atoms with Crippen molar-refractivity contribution in [1.82, 2.24) is 15.1 Å². The zero-order valence-electron chi connectivity index (χ0n) is 14.0. The van der Waals surface area contributed by atoms with Crippen molar-refractivity contribution in [1.29, 1.82) is 0 Å². The van der Waals surface area contributed by atoms with Gasteiger partial charge in [-0.05, 0) is 18.4 Å². The highest BCUT2D eigenvalue weighted by Gasteiger charge is 2.27. The Morgan fingerprint density at radius 1 is 1.33 bits per heavy atom. The molecule has 0 radical (unpaired) electrons. The van der Waals surface area contributed by atoms with E-state index in [1.807, 2.05) is 43.3 Å². The summed E-state index contributed by atoms with van der Waals surface area (Å²) < 4.78 is 1.79. The molecule has 2 amide bonds. The van der Waals surface area contributed by atoms with Gasteiger partial charge in [-0.15, -0.1) is 0 Å². The third-order valence-corrected chi connectivity index (χ3v) is 4.27. The number of benzene rings is 1. The van der Waals surface area contributed by atoms with Gasteiger partial charge in [-0.2, -0.15) is 5.10 Å². The van der Waals surface area contributed by atoms with Gasteiger partial charge in [0.1, 0.15) is 12.4 Å². The van der Waals surface area contributed by atoms with Crippen LogP contribution in [0.2, 0.25) is 0 Å². The number of aromatic nitrogens is 2. The summed E-state index contributed by atoms with van der Waals surface area (Å²) in [5.41, 5.74) is 2.03. The van der Waals surface area contributed by atoms with Gasteiger partial charge in [0.25, 0.3) is 0 Å². The van der Waals surface area contributed by atoms with Gasteiger partial charge in [-0.3, -0.25) is 14.5 Å². The summed E-state index contributed by atoms with van der Waals surface area (Å²) in [7, 11) is 0. The molecule has 0 bridgehead atoms. The zero-order valence-corrected chi connectivity index (χ0v) is 14.0. The number of aryl methyl sites for hydroxylation is 2. The Balaban J connectivity index is 1.60. The molecule has 6 nitrogen and oxygen atoms in total. The fourth-order valence-corrected chi connectivity index (χ4v) is 2.91. The molecular formula is C18H22N4O2. The molecule has 0 saturated carbocycles. The normalized spacial score (nSPS) is 15.1. The Morgan fingerprint density at radius 3 is 2.83 bits per heavy atom. The third-order valence-electron chi connectivity index (χ3n) is 4.27. The summed E-state index contributed by atoms with van der Waals surface area (Å²) in [5, 5.41) is 7.27. The van der Waals surface area contributed by atoms with Crippen LogP contribution in [-0.4, -0.2) is 34.7 Å². The molecule has 24 heavy (non-hydrogen) atoms. The second-order valence-corrected chi connectivity index (χ2v) is 6.21. The number of amides is 2. The van der Waals surface area contributed by atoms with E-state index in [1.165, 1.54) is 10.5 Å². The maximum atomic E-state index is 12.3. The SMILES string of the molecule is Cc1cc2n(n1)CCC(=O)N2CC(=O)NCC(C)c1ccccc1. The zero-order chi connectivity index (χ0) is 17.1. The van der Waals surface area contributed by atoms with Crippen LogP contribution in [0.25, 0.3) is 0 Å². The number of nitrogens with one attached hydrogen (secondary N) is 1. The standard InChI is InChI=1S/C18H22N4O2/c1-13(15-6-4-3-5-7-15)11-19-16(23)12-21-17-10-14(2)20-22(17)9-8-18(21)24/h3-7,10,13H,8-9,11-12H2,1-2H3,(H,19,23). The Hall–Kier alpha value is -2.63. The first-order valence-electron chi connectivity index (χ1n) is 8.21. The van der Waals surface area contributed by atoms with Gasteiger partial charge in [0.15, 0.2) is 0 Å². The molecule has 2 heterocycles. The Morgan fingerprint density at radius 2 is 2.08 bits per heavy atom. The molecule has 6 heteroatoms. The number of carbonyl (C=O) groups excluding carboxylic acids is 2. The fourth-order valence-electron chi connectivity index (χ4n) is 2.91. The highest BCUT2D eigenvalue weighted by atomic mass is 16.2. The van der Waals surface area contributed by atoms with E-state index in [-0.39, 0.29) is 24.3 Å². The molecule has 1 atom stereocenters. The topological polar surface area (TPSA) is 67.2 Å². The van der Waals surface area contributed by atoms with Crippen LogP contribution in [-0.2, 0) is 16.1 Å². The van der Waals surface area contributed by atoms with E-state index in [4.69, 9.17) is 0 Å². The minimum absolute atomic E-state index is 0.0332. The molecule has 2 aromatic rings. The number of hydrogen-bond donors (Lipinski definition) is 1. The second kappa shape index (κ2) is 6.86. The van der Waals surface area contributed by atoms with E-state index in [0.29, 0.717) is 25.3 Å². The van der Waals surface area contributed by atoms with Crippen LogP contribution in [0.5, 0.6) is 0 Å². The minimum Gasteiger partial charge on any atom is -0.354 e. The molecular weight excluding hydrogens is 304 g/mol. The quantitative estimate of drug-likeness (QED) is 0.912. The summed E-state index contributed by atoms with van der Waals surface area (Å²) in [4.78, 5) is 26.0. The first kappa shape index (κ1) is 16.2. The van der Waals surface area contributed by atoms with Gasteiger partial charge in [0.2, 0.25) is 11.8 Å². The largest absolute Gasteiger partial charge is 0.354 e. The number of carbonyl (C=O) groups is 2. The van der Waals surface area contributed by atoms with Crippen LogP contribution in [0.4, 0.5) is 5.82 Å². The summed E-state index contributed by atoms with van der Waals surface area (Å²) in [6, 6.07) is 11.9. The Bertz CT molecular complexity index is 739. The Labute approximate surface area is 141 Å². The number of fused-ring (bicyclic) bond motifs is 1. The predicted octanol–water partition coefficient (Wildman–Crippen LogP) is 1.85. The van der Waals surface area contributed by atoms with E-state index in [0.717, 1.165) is 5.69 Å². The van der Waals surface area contributed by atoms with Crippen molar-refractivity contribution in [2.45, 2.75) is 32.7 Å². The maximum Gasteiger partial charge on any atom is 0.240 e. The van der Waals surface area contributed by atoms with Crippen molar-refractivity contribution in [2.75, 3.05) is 18.0 Å². The minimum atomic E-state index is -0.154. The summed E-state index contributed by atoms with van der Waals surface area (Å²) in [6.45, 7) is 5.11. The lowest BCUT2D eigenvalue weighted by Gasteiger charge is -2.27.